The van der Waals surface area contributed by atoms with Gasteiger partial charge in [0.25, 0.3) is 0 Å². The molecule has 2 rings (SSSR count). The molecule has 0 radical (unpaired) electrons. The van der Waals surface area contributed by atoms with Crippen molar-refractivity contribution in [3.8, 4) is 5.75 Å². The van der Waals surface area contributed by atoms with E-state index in [2.05, 4.69) is 13.5 Å². The minimum absolute atomic E-state index is 0.0501. The number of esters is 1. The normalized spacial score (nSPS) is 20.3. The van der Waals surface area contributed by atoms with Gasteiger partial charge in [0.15, 0.2) is 0 Å². The fourth-order valence-corrected chi connectivity index (χ4v) is 3.59. The first-order chi connectivity index (χ1) is 12.0. The van der Waals surface area contributed by atoms with Crippen molar-refractivity contribution >= 4 is 5.97 Å². The van der Waals surface area contributed by atoms with Crippen molar-refractivity contribution in [3.63, 3.8) is 0 Å². The van der Waals surface area contributed by atoms with Crippen LogP contribution >= 0.6 is 0 Å². The SMILES string of the molecule is C=C(CO)C(=O)Oc1ccc(C2CCC(CCCCC)CC2)c(F)c1. The quantitative estimate of drug-likeness (QED) is 0.306. The number of hydrogen-bond donors (Lipinski definition) is 1. The van der Waals surface area contributed by atoms with Gasteiger partial charge >= 0.3 is 5.97 Å². The molecule has 1 saturated carbocycles. The molecule has 0 atom stereocenters. The number of carbonyl (C=O) groups is 1. The van der Waals surface area contributed by atoms with E-state index in [1.165, 1.54) is 44.6 Å². The van der Waals surface area contributed by atoms with Crippen molar-refractivity contribution in [2.24, 2.45) is 5.92 Å². The number of aliphatic hydroxyl groups is 1. The highest BCUT2D eigenvalue weighted by Gasteiger charge is 2.24. The lowest BCUT2D eigenvalue weighted by molar-refractivity contribution is -0.130. The lowest BCUT2D eigenvalue weighted by Gasteiger charge is -2.29. The number of carbonyl (C=O) groups excluding carboxylic acids is 1. The lowest BCUT2D eigenvalue weighted by atomic mass is 9.77. The van der Waals surface area contributed by atoms with Crippen LogP contribution < -0.4 is 4.74 Å². The predicted molar refractivity (Wildman–Crippen MR) is 97.1 cm³/mol. The molecule has 1 aliphatic rings. The van der Waals surface area contributed by atoms with Crippen molar-refractivity contribution in [1.82, 2.24) is 0 Å². The first-order valence-electron chi connectivity index (χ1n) is 9.35. The zero-order chi connectivity index (χ0) is 18.2. The minimum atomic E-state index is -0.734. The van der Waals surface area contributed by atoms with Crippen LogP contribution in [0.2, 0.25) is 0 Å². The van der Waals surface area contributed by atoms with Crippen LogP contribution in [0.4, 0.5) is 4.39 Å². The molecule has 1 aliphatic carbocycles. The molecular weight excluding hydrogens is 319 g/mol. The van der Waals surface area contributed by atoms with Gasteiger partial charge in [-0.25, -0.2) is 9.18 Å². The largest absolute Gasteiger partial charge is 0.423 e. The number of halogens is 1. The average Bonchev–Trinajstić information content (AvgIpc) is 2.62. The Morgan fingerprint density at radius 3 is 2.60 bits per heavy atom. The highest BCUT2D eigenvalue weighted by atomic mass is 19.1. The summed E-state index contributed by atoms with van der Waals surface area (Å²) < 4.78 is 19.5. The Morgan fingerprint density at radius 2 is 2.00 bits per heavy atom. The monoisotopic (exact) mass is 348 g/mol. The minimum Gasteiger partial charge on any atom is -0.423 e. The molecule has 0 bridgehead atoms. The Labute approximate surface area is 149 Å². The maximum Gasteiger partial charge on any atom is 0.341 e. The number of hydrogen-bond acceptors (Lipinski definition) is 3. The number of rotatable bonds is 8. The molecule has 4 heteroatoms. The summed E-state index contributed by atoms with van der Waals surface area (Å²) in [5, 5.41) is 8.87. The molecule has 1 aromatic carbocycles. The summed E-state index contributed by atoms with van der Waals surface area (Å²) in [4.78, 5) is 11.6. The van der Waals surface area contributed by atoms with Gasteiger partial charge in [0.1, 0.15) is 11.6 Å². The second-order valence-corrected chi connectivity index (χ2v) is 7.05. The molecule has 0 aromatic heterocycles. The summed E-state index contributed by atoms with van der Waals surface area (Å²) in [6.07, 6.45) is 9.54. The van der Waals surface area contributed by atoms with Gasteiger partial charge in [-0.1, -0.05) is 45.3 Å². The molecule has 1 aromatic rings. The standard InChI is InChI=1S/C21H29FO3/c1-3-4-5-6-16-7-9-17(10-8-16)19-12-11-18(13-20(19)22)25-21(24)15(2)14-23/h11-13,16-17,23H,2-10,14H2,1H3. The van der Waals surface area contributed by atoms with E-state index in [4.69, 9.17) is 9.84 Å². The van der Waals surface area contributed by atoms with Crippen LogP contribution in [0.15, 0.2) is 30.4 Å². The summed E-state index contributed by atoms with van der Waals surface area (Å²) in [7, 11) is 0. The Hall–Kier alpha value is -1.68. The van der Waals surface area contributed by atoms with Crippen LogP contribution in [0, 0.1) is 11.7 Å². The van der Waals surface area contributed by atoms with Gasteiger partial charge in [0, 0.05) is 6.07 Å². The zero-order valence-electron chi connectivity index (χ0n) is 15.1. The summed E-state index contributed by atoms with van der Waals surface area (Å²) in [6.45, 7) is 5.15. The van der Waals surface area contributed by atoms with Crippen LogP contribution in [0.3, 0.4) is 0 Å². The van der Waals surface area contributed by atoms with Gasteiger partial charge < -0.3 is 9.84 Å². The van der Waals surface area contributed by atoms with Crippen LogP contribution in [0.5, 0.6) is 5.75 Å². The molecule has 0 amide bonds. The fraction of sp³-hybridized carbons (Fsp3) is 0.571. The fourth-order valence-electron chi connectivity index (χ4n) is 3.59. The third-order valence-electron chi connectivity index (χ3n) is 5.16. The van der Waals surface area contributed by atoms with Gasteiger partial charge in [0.2, 0.25) is 0 Å². The molecule has 25 heavy (non-hydrogen) atoms. The van der Waals surface area contributed by atoms with Crippen molar-refractivity contribution in [3.05, 3.63) is 41.7 Å². The first kappa shape index (κ1) is 19.6. The summed E-state index contributed by atoms with van der Waals surface area (Å²) in [6, 6.07) is 4.60. The molecule has 0 saturated heterocycles. The van der Waals surface area contributed by atoms with E-state index < -0.39 is 12.6 Å². The Balaban J connectivity index is 1.91. The Kier molecular flexibility index (Phi) is 7.63. The summed E-state index contributed by atoms with van der Waals surface area (Å²) >= 11 is 0. The van der Waals surface area contributed by atoms with Crippen molar-refractivity contribution in [2.45, 2.75) is 64.2 Å². The van der Waals surface area contributed by atoms with Crippen LogP contribution in [-0.2, 0) is 4.79 Å². The first-order valence-corrected chi connectivity index (χ1v) is 9.35. The molecule has 0 spiro atoms. The van der Waals surface area contributed by atoms with Gasteiger partial charge in [-0.05, 0) is 49.1 Å². The van der Waals surface area contributed by atoms with E-state index in [1.807, 2.05) is 0 Å². The topological polar surface area (TPSA) is 46.5 Å². The molecule has 0 unspecified atom stereocenters. The molecule has 0 heterocycles. The van der Waals surface area contributed by atoms with Crippen LogP contribution in [-0.4, -0.2) is 17.7 Å². The van der Waals surface area contributed by atoms with Crippen molar-refractivity contribution in [2.75, 3.05) is 6.61 Å². The number of unbranched alkanes of at least 4 members (excludes halogenated alkanes) is 2. The van der Waals surface area contributed by atoms with E-state index in [9.17, 15) is 9.18 Å². The van der Waals surface area contributed by atoms with Crippen LogP contribution in [0.25, 0.3) is 0 Å². The molecular formula is C21H29FO3. The van der Waals surface area contributed by atoms with Gasteiger partial charge in [-0.3, -0.25) is 0 Å². The van der Waals surface area contributed by atoms with Crippen molar-refractivity contribution < 1.29 is 19.0 Å². The number of aliphatic hydroxyl groups excluding tert-OH is 1. The second-order valence-electron chi connectivity index (χ2n) is 7.05. The number of benzene rings is 1. The van der Waals surface area contributed by atoms with Crippen LogP contribution in [0.1, 0.15) is 69.8 Å². The molecule has 138 valence electrons. The highest BCUT2D eigenvalue weighted by molar-refractivity contribution is 5.89. The lowest BCUT2D eigenvalue weighted by Crippen LogP contribution is -2.15. The van der Waals surface area contributed by atoms with E-state index in [0.717, 1.165) is 18.8 Å². The van der Waals surface area contributed by atoms with E-state index in [-0.39, 0.29) is 23.1 Å². The zero-order valence-corrected chi connectivity index (χ0v) is 15.1. The third kappa shape index (κ3) is 5.67. The predicted octanol–water partition coefficient (Wildman–Crippen LogP) is 5.13. The molecule has 3 nitrogen and oxygen atoms in total. The second kappa shape index (κ2) is 9.71. The van der Waals surface area contributed by atoms with E-state index >= 15 is 0 Å². The third-order valence-corrected chi connectivity index (χ3v) is 5.16. The Bertz CT molecular complexity index is 589. The summed E-state index contributed by atoms with van der Waals surface area (Å²) in [5.74, 6) is 0.126. The van der Waals surface area contributed by atoms with Gasteiger partial charge in [0.05, 0.1) is 12.2 Å². The molecule has 1 fully saturated rings. The average molecular weight is 348 g/mol. The number of ether oxygens (including phenoxy) is 1. The van der Waals surface area contributed by atoms with E-state index in [1.54, 1.807) is 12.1 Å². The molecule has 0 aliphatic heterocycles. The van der Waals surface area contributed by atoms with E-state index in [0.29, 0.717) is 5.56 Å². The van der Waals surface area contributed by atoms with Gasteiger partial charge in [-0.15, -0.1) is 0 Å². The maximum absolute atomic E-state index is 14.5. The van der Waals surface area contributed by atoms with Crippen molar-refractivity contribution in [1.29, 1.82) is 0 Å². The maximum atomic E-state index is 14.5. The highest BCUT2D eigenvalue weighted by Crippen LogP contribution is 2.39. The Morgan fingerprint density at radius 1 is 1.28 bits per heavy atom. The smallest absolute Gasteiger partial charge is 0.341 e. The molecule has 1 N–H and O–H groups in total. The van der Waals surface area contributed by atoms with Gasteiger partial charge in [-0.2, -0.15) is 0 Å². The summed E-state index contributed by atoms with van der Waals surface area (Å²) in [5.41, 5.74) is 0.665.